The maximum absolute atomic E-state index is 12.1. The minimum absolute atomic E-state index is 0.0805. The number of hydrogen-bond donors (Lipinski definition) is 2. The van der Waals surface area contributed by atoms with E-state index in [4.69, 9.17) is 10.5 Å². The number of benzene rings is 2. The van der Waals surface area contributed by atoms with E-state index >= 15 is 0 Å². The first-order chi connectivity index (χ1) is 12.8. The number of nitrogens with two attached hydrogens (primary N) is 1. The molecule has 1 amide bonds. The highest BCUT2D eigenvalue weighted by atomic mass is 32.2. The lowest BCUT2D eigenvalue weighted by atomic mass is 10.2. The highest BCUT2D eigenvalue weighted by Gasteiger charge is 2.16. The lowest BCUT2D eigenvalue weighted by Crippen LogP contribution is -2.24. The molecule has 3 N–H and O–H groups in total. The van der Waals surface area contributed by atoms with Crippen LogP contribution in [0.15, 0.2) is 53.4 Å². The molecule has 2 aromatic rings. The molecule has 140 valence electrons. The predicted molar refractivity (Wildman–Crippen MR) is 96.5 cm³/mol. The van der Waals surface area contributed by atoms with Gasteiger partial charge < -0.3 is 10.5 Å². The fraction of sp³-hybridized carbons (Fsp3) is 0.118. The molecule has 0 heterocycles. The first kappa shape index (κ1) is 19.9. The van der Waals surface area contributed by atoms with Gasteiger partial charge in [0.15, 0.2) is 0 Å². The molecule has 2 aromatic carbocycles. The fourth-order valence-corrected chi connectivity index (χ4v) is 2.96. The number of amides is 1. The number of nitro benzene ring substituents is 1. The topological polar surface area (TPSA) is 142 Å². The molecule has 0 atom stereocenters. The molecular formula is C17H15N3O6S. The number of ether oxygens (including phenoxy) is 1. The molecule has 2 rings (SSSR count). The summed E-state index contributed by atoms with van der Waals surface area (Å²) in [5, 5.41) is 10.7. The Morgan fingerprint density at radius 2 is 1.93 bits per heavy atom. The Bertz CT molecular complexity index is 1020. The van der Waals surface area contributed by atoms with E-state index in [1.165, 1.54) is 24.3 Å². The van der Waals surface area contributed by atoms with Crippen molar-refractivity contribution in [3.63, 3.8) is 0 Å². The number of non-ortho nitro benzene ring substituents is 1. The summed E-state index contributed by atoms with van der Waals surface area (Å²) in [6.45, 7) is -0.297. The minimum atomic E-state index is -3.93. The van der Waals surface area contributed by atoms with E-state index in [0.717, 1.165) is 6.07 Å². The van der Waals surface area contributed by atoms with Crippen molar-refractivity contribution in [2.75, 3.05) is 13.2 Å². The first-order valence-corrected chi connectivity index (χ1v) is 9.01. The molecule has 0 saturated carbocycles. The van der Waals surface area contributed by atoms with Gasteiger partial charge in [-0.2, -0.15) is 4.72 Å². The van der Waals surface area contributed by atoms with Gasteiger partial charge in [0.25, 0.3) is 11.6 Å². The molecule has 0 aliphatic rings. The summed E-state index contributed by atoms with van der Waals surface area (Å²) in [6.07, 6.45) is 0. The zero-order valence-corrected chi connectivity index (χ0v) is 14.7. The van der Waals surface area contributed by atoms with Crippen molar-refractivity contribution in [2.24, 2.45) is 5.73 Å². The maximum atomic E-state index is 12.1. The van der Waals surface area contributed by atoms with Gasteiger partial charge in [-0.3, -0.25) is 14.9 Å². The summed E-state index contributed by atoms with van der Waals surface area (Å²) in [5.41, 5.74) is 5.11. The molecule has 0 radical (unpaired) electrons. The highest BCUT2D eigenvalue weighted by molar-refractivity contribution is 7.89. The van der Waals surface area contributed by atoms with Crippen LogP contribution in [0.5, 0.6) is 5.75 Å². The molecule has 27 heavy (non-hydrogen) atoms. The minimum Gasteiger partial charge on any atom is -0.480 e. The Balaban J connectivity index is 1.93. The average molecular weight is 389 g/mol. The van der Waals surface area contributed by atoms with Crippen LogP contribution in [0.2, 0.25) is 0 Å². The molecule has 0 fully saturated rings. The molecule has 10 heteroatoms. The highest BCUT2D eigenvalue weighted by Crippen LogP contribution is 2.17. The average Bonchev–Trinajstić information content (AvgIpc) is 2.64. The summed E-state index contributed by atoms with van der Waals surface area (Å²) >= 11 is 0. The second-order valence-electron chi connectivity index (χ2n) is 5.08. The normalized spacial score (nSPS) is 10.5. The lowest BCUT2D eigenvalue weighted by molar-refractivity contribution is -0.385. The Kier molecular flexibility index (Phi) is 6.48. The van der Waals surface area contributed by atoms with Crippen LogP contribution >= 0.6 is 0 Å². The van der Waals surface area contributed by atoms with Crippen LogP contribution in [0.3, 0.4) is 0 Å². The number of carbonyl (C=O) groups is 1. The van der Waals surface area contributed by atoms with Gasteiger partial charge in [-0.1, -0.05) is 30.0 Å². The third-order valence-corrected chi connectivity index (χ3v) is 4.67. The van der Waals surface area contributed by atoms with Gasteiger partial charge in [0.05, 0.1) is 21.9 Å². The van der Waals surface area contributed by atoms with Gasteiger partial charge in [0.2, 0.25) is 10.0 Å². The van der Waals surface area contributed by atoms with E-state index < -0.39 is 20.9 Å². The second-order valence-corrected chi connectivity index (χ2v) is 6.85. The number of nitro groups is 1. The van der Waals surface area contributed by atoms with E-state index in [1.807, 2.05) is 0 Å². The van der Waals surface area contributed by atoms with Crippen LogP contribution < -0.4 is 15.2 Å². The molecule has 0 aliphatic heterocycles. The summed E-state index contributed by atoms with van der Waals surface area (Å²) < 4.78 is 31.7. The number of nitrogens with zero attached hydrogens (tertiary/aromatic N) is 1. The van der Waals surface area contributed by atoms with E-state index in [9.17, 15) is 23.3 Å². The third kappa shape index (κ3) is 5.53. The van der Waals surface area contributed by atoms with Crippen LogP contribution in [0.25, 0.3) is 0 Å². The molecule has 0 bridgehead atoms. The van der Waals surface area contributed by atoms with Gasteiger partial charge in [-0.15, -0.1) is 0 Å². The van der Waals surface area contributed by atoms with E-state index in [-0.39, 0.29) is 35.0 Å². The quantitative estimate of drug-likeness (QED) is 0.412. The molecule has 0 aliphatic carbocycles. The summed E-state index contributed by atoms with van der Waals surface area (Å²) in [7, 11) is -3.93. The number of para-hydroxylation sites is 1. The number of sulfonamides is 1. The van der Waals surface area contributed by atoms with Crippen molar-refractivity contribution in [3.8, 4) is 17.6 Å². The van der Waals surface area contributed by atoms with Crippen molar-refractivity contribution >= 4 is 21.6 Å². The molecular weight excluding hydrogens is 374 g/mol. The molecule has 9 nitrogen and oxygen atoms in total. The van der Waals surface area contributed by atoms with Crippen LogP contribution in [0, 0.1) is 22.0 Å². The van der Waals surface area contributed by atoms with Crippen molar-refractivity contribution in [2.45, 2.75) is 4.90 Å². The van der Waals surface area contributed by atoms with Crippen molar-refractivity contribution in [1.82, 2.24) is 4.72 Å². The van der Waals surface area contributed by atoms with E-state index in [0.29, 0.717) is 0 Å². The number of rotatable bonds is 7. The Morgan fingerprint density at radius 1 is 1.19 bits per heavy atom. The van der Waals surface area contributed by atoms with E-state index in [1.54, 1.807) is 18.2 Å². The van der Waals surface area contributed by atoms with Gasteiger partial charge in [-0.05, 0) is 18.2 Å². The number of carbonyl (C=O) groups excluding carboxylic acids is 1. The zero-order valence-electron chi connectivity index (χ0n) is 13.9. The molecule has 0 unspecified atom stereocenters. The predicted octanol–water partition coefficient (Wildman–Crippen LogP) is 1.05. The van der Waals surface area contributed by atoms with E-state index in [2.05, 4.69) is 16.6 Å². The number of hydrogen-bond acceptors (Lipinski definition) is 6. The lowest BCUT2D eigenvalue weighted by Gasteiger charge is -2.06. The smallest absolute Gasteiger partial charge is 0.270 e. The van der Waals surface area contributed by atoms with Gasteiger partial charge in [-0.25, -0.2) is 8.42 Å². The largest absolute Gasteiger partial charge is 0.480 e. The number of primary amides is 1. The summed E-state index contributed by atoms with van der Waals surface area (Å²) in [6, 6.07) is 11.1. The van der Waals surface area contributed by atoms with Gasteiger partial charge >= 0.3 is 0 Å². The second kappa shape index (κ2) is 8.79. The van der Waals surface area contributed by atoms with Crippen LogP contribution in [0.4, 0.5) is 5.69 Å². The summed E-state index contributed by atoms with van der Waals surface area (Å²) in [5.74, 6) is 4.79. The van der Waals surface area contributed by atoms with Crippen molar-refractivity contribution in [3.05, 3.63) is 64.2 Å². The standard InChI is InChI=1S/C17H15N3O6S/c18-17(21)15-8-1-2-9-16(15)26-11-4-3-10-19-27(24,25)14-7-5-6-13(12-14)20(22)23/h1-2,5-9,12,19H,10-11H2,(H2,18,21). The zero-order chi connectivity index (χ0) is 19.9. The Hall–Kier alpha value is -3.42. The van der Waals surface area contributed by atoms with Crippen LogP contribution in [-0.2, 0) is 10.0 Å². The first-order valence-electron chi connectivity index (χ1n) is 7.53. The molecule has 0 saturated heterocycles. The van der Waals surface area contributed by atoms with Gasteiger partial charge in [0, 0.05) is 12.1 Å². The fourth-order valence-electron chi connectivity index (χ4n) is 2.00. The molecule has 0 aromatic heterocycles. The van der Waals surface area contributed by atoms with Crippen molar-refractivity contribution in [1.29, 1.82) is 0 Å². The number of nitrogens with one attached hydrogen (secondary N) is 1. The Labute approximate surface area is 155 Å². The Morgan fingerprint density at radius 3 is 2.63 bits per heavy atom. The summed E-state index contributed by atoms with van der Waals surface area (Å²) in [4.78, 5) is 21.1. The van der Waals surface area contributed by atoms with Gasteiger partial charge in [0.1, 0.15) is 12.4 Å². The monoisotopic (exact) mass is 389 g/mol. The molecule has 0 spiro atoms. The van der Waals surface area contributed by atoms with Crippen molar-refractivity contribution < 1.29 is 22.9 Å². The van der Waals surface area contributed by atoms with Crippen LogP contribution in [0.1, 0.15) is 10.4 Å². The van der Waals surface area contributed by atoms with Crippen LogP contribution in [-0.4, -0.2) is 32.4 Å². The third-order valence-electron chi connectivity index (χ3n) is 3.27. The maximum Gasteiger partial charge on any atom is 0.270 e. The SMILES string of the molecule is NC(=O)c1ccccc1OCC#CCNS(=O)(=O)c1cccc([N+](=O)[O-])c1.